The van der Waals surface area contributed by atoms with Gasteiger partial charge in [-0.1, -0.05) is 5.16 Å². The maximum atomic E-state index is 11.8. The van der Waals surface area contributed by atoms with Gasteiger partial charge >= 0.3 is 5.97 Å². The quantitative estimate of drug-likeness (QED) is 0.854. The molecular formula is C13H12N2O4. The second-order valence-electron chi connectivity index (χ2n) is 3.86. The first-order valence-corrected chi connectivity index (χ1v) is 5.53. The summed E-state index contributed by atoms with van der Waals surface area (Å²) < 4.78 is 9.42. The molecular weight excluding hydrogens is 248 g/mol. The van der Waals surface area contributed by atoms with E-state index < -0.39 is 5.97 Å². The number of nitrogens with zero attached hydrogens (tertiary/aromatic N) is 1. The van der Waals surface area contributed by atoms with E-state index in [9.17, 15) is 9.59 Å². The summed E-state index contributed by atoms with van der Waals surface area (Å²) in [5.41, 5.74) is 1.62. The van der Waals surface area contributed by atoms with Crippen molar-refractivity contribution in [2.75, 3.05) is 12.4 Å². The second kappa shape index (κ2) is 5.34. The van der Waals surface area contributed by atoms with Crippen LogP contribution >= 0.6 is 0 Å². The Morgan fingerprint density at radius 3 is 2.47 bits per heavy atom. The van der Waals surface area contributed by atoms with Crippen molar-refractivity contribution in [2.45, 2.75) is 6.92 Å². The van der Waals surface area contributed by atoms with Gasteiger partial charge in [0, 0.05) is 11.3 Å². The molecule has 0 atom stereocenters. The predicted octanol–water partition coefficient (Wildman–Crippen LogP) is 2.02. The van der Waals surface area contributed by atoms with Crippen LogP contribution in [0.25, 0.3) is 0 Å². The van der Waals surface area contributed by atoms with Crippen molar-refractivity contribution < 1.29 is 18.8 Å². The van der Waals surface area contributed by atoms with Crippen LogP contribution in [0.3, 0.4) is 0 Å². The van der Waals surface area contributed by atoms with Gasteiger partial charge in [0.2, 0.25) is 5.76 Å². The topological polar surface area (TPSA) is 81.4 Å². The number of benzene rings is 1. The van der Waals surface area contributed by atoms with Gasteiger partial charge in [0.15, 0.2) is 0 Å². The summed E-state index contributed by atoms with van der Waals surface area (Å²) in [6.45, 7) is 1.73. The van der Waals surface area contributed by atoms with E-state index in [2.05, 4.69) is 15.2 Å². The highest BCUT2D eigenvalue weighted by atomic mass is 16.5. The van der Waals surface area contributed by atoms with Crippen molar-refractivity contribution in [3.05, 3.63) is 47.3 Å². The Balaban J connectivity index is 2.10. The van der Waals surface area contributed by atoms with Crippen LogP contribution in [0, 0.1) is 6.92 Å². The minimum absolute atomic E-state index is 0.164. The predicted molar refractivity (Wildman–Crippen MR) is 67.0 cm³/mol. The largest absolute Gasteiger partial charge is 0.465 e. The maximum absolute atomic E-state index is 11.8. The molecule has 0 unspecified atom stereocenters. The molecule has 0 fully saturated rings. The number of aromatic nitrogens is 1. The number of rotatable bonds is 3. The molecule has 0 aliphatic carbocycles. The maximum Gasteiger partial charge on any atom is 0.337 e. The first kappa shape index (κ1) is 12.8. The standard InChI is InChI=1S/C13H12N2O4/c1-8-7-14-19-11(8)12(16)15-10-5-3-9(4-6-10)13(17)18-2/h3-7H,1-2H3,(H,15,16). The third-order valence-corrected chi connectivity index (χ3v) is 2.52. The van der Waals surface area contributed by atoms with Gasteiger partial charge in [0.1, 0.15) is 0 Å². The van der Waals surface area contributed by atoms with E-state index in [0.29, 0.717) is 16.8 Å². The lowest BCUT2D eigenvalue weighted by atomic mass is 10.2. The van der Waals surface area contributed by atoms with Crippen LogP contribution in [0.1, 0.15) is 26.5 Å². The van der Waals surface area contributed by atoms with Crippen molar-refractivity contribution in [2.24, 2.45) is 0 Å². The number of anilines is 1. The van der Waals surface area contributed by atoms with Crippen LogP contribution in [0.2, 0.25) is 0 Å². The molecule has 0 radical (unpaired) electrons. The third-order valence-electron chi connectivity index (χ3n) is 2.52. The first-order valence-electron chi connectivity index (χ1n) is 5.53. The summed E-state index contributed by atoms with van der Waals surface area (Å²) in [6.07, 6.45) is 1.47. The molecule has 0 aliphatic rings. The van der Waals surface area contributed by atoms with E-state index in [0.717, 1.165) is 0 Å². The van der Waals surface area contributed by atoms with Crippen LogP contribution in [-0.4, -0.2) is 24.1 Å². The molecule has 19 heavy (non-hydrogen) atoms. The van der Waals surface area contributed by atoms with Crippen molar-refractivity contribution in [1.29, 1.82) is 0 Å². The SMILES string of the molecule is COC(=O)c1ccc(NC(=O)c2oncc2C)cc1. The zero-order valence-electron chi connectivity index (χ0n) is 10.5. The van der Waals surface area contributed by atoms with Gasteiger partial charge < -0.3 is 14.6 Å². The Bertz CT molecular complexity index is 601. The molecule has 1 heterocycles. The summed E-state index contributed by atoms with van der Waals surface area (Å²) in [7, 11) is 1.31. The number of esters is 1. The number of methoxy groups -OCH3 is 1. The van der Waals surface area contributed by atoms with Crippen LogP contribution in [0.5, 0.6) is 0 Å². The minimum Gasteiger partial charge on any atom is -0.465 e. The highest BCUT2D eigenvalue weighted by molar-refractivity contribution is 6.03. The molecule has 1 aromatic heterocycles. The van der Waals surface area contributed by atoms with E-state index in [1.807, 2.05) is 0 Å². The van der Waals surface area contributed by atoms with Gasteiger partial charge in [-0.3, -0.25) is 4.79 Å². The van der Waals surface area contributed by atoms with Crippen molar-refractivity contribution in [1.82, 2.24) is 5.16 Å². The zero-order valence-corrected chi connectivity index (χ0v) is 10.5. The van der Waals surface area contributed by atoms with E-state index in [1.165, 1.54) is 13.3 Å². The average molecular weight is 260 g/mol. The monoisotopic (exact) mass is 260 g/mol. The number of hydrogen-bond acceptors (Lipinski definition) is 5. The molecule has 0 saturated heterocycles. The lowest BCUT2D eigenvalue weighted by Crippen LogP contribution is -2.12. The number of ether oxygens (including phenoxy) is 1. The van der Waals surface area contributed by atoms with Gasteiger partial charge in [-0.15, -0.1) is 0 Å². The zero-order chi connectivity index (χ0) is 13.8. The van der Waals surface area contributed by atoms with Crippen LogP contribution < -0.4 is 5.32 Å². The Morgan fingerprint density at radius 1 is 1.26 bits per heavy atom. The fraction of sp³-hybridized carbons (Fsp3) is 0.154. The normalized spacial score (nSPS) is 10.0. The molecule has 6 heteroatoms. The molecule has 1 amide bonds. The molecule has 98 valence electrons. The van der Waals surface area contributed by atoms with Crippen LogP contribution in [-0.2, 0) is 4.74 Å². The minimum atomic E-state index is -0.427. The lowest BCUT2D eigenvalue weighted by molar-refractivity contribution is 0.0600. The van der Waals surface area contributed by atoms with E-state index >= 15 is 0 Å². The summed E-state index contributed by atoms with van der Waals surface area (Å²) in [6, 6.07) is 6.34. The fourth-order valence-electron chi connectivity index (χ4n) is 1.50. The Kier molecular flexibility index (Phi) is 3.61. The van der Waals surface area contributed by atoms with Crippen LogP contribution in [0.15, 0.2) is 35.0 Å². The number of carbonyl (C=O) groups excluding carboxylic acids is 2. The Labute approximate surface area is 109 Å². The van der Waals surface area contributed by atoms with E-state index in [4.69, 9.17) is 4.52 Å². The van der Waals surface area contributed by atoms with Gasteiger partial charge in [-0.25, -0.2) is 4.79 Å². The van der Waals surface area contributed by atoms with Gasteiger partial charge in [-0.05, 0) is 31.2 Å². The molecule has 0 spiro atoms. The summed E-state index contributed by atoms with van der Waals surface area (Å²) in [4.78, 5) is 23.1. The Hall–Kier alpha value is -2.63. The molecule has 6 nitrogen and oxygen atoms in total. The number of nitrogens with one attached hydrogen (secondary N) is 1. The molecule has 0 aliphatic heterocycles. The average Bonchev–Trinajstić information content (AvgIpc) is 2.85. The number of carbonyl (C=O) groups is 2. The van der Waals surface area contributed by atoms with E-state index in [-0.39, 0.29) is 11.7 Å². The molecule has 1 aromatic carbocycles. The van der Waals surface area contributed by atoms with Gasteiger partial charge in [-0.2, -0.15) is 0 Å². The Morgan fingerprint density at radius 2 is 1.95 bits per heavy atom. The molecule has 1 N–H and O–H groups in total. The van der Waals surface area contributed by atoms with Crippen molar-refractivity contribution in [3.63, 3.8) is 0 Å². The first-order chi connectivity index (χ1) is 9.11. The second-order valence-corrected chi connectivity index (χ2v) is 3.86. The molecule has 2 aromatic rings. The molecule has 0 saturated carbocycles. The highest BCUT2D eigenvalue weighted by Gasteiger charge is 2.14. The summed E-state index contributed by atoms with van der Waals surface area (Å²) in [5.74, 6) is -0.651. The highest BCUT2D eigenvalue weighted by Crippen LogP contribution is 2.13. The third kappa shape index (κ3) is 2.79. The fourth-order valence-corrected chi connectivity index (χ4v) is 1.50. The summed E-state index contributed by atoms with van der Waals surface area (Å²) >= 11 is 0. The van der Waals surface area contributed by atoms with E-state index in [1.54, 1.807) is 31.2 Å². The molecule has 2 rings (SSSR count). The number of hydrogen-bond donors (Lipinski definition) is 1. The van der Waals surface area contributed by atoms with Crippen molar-refractivity contribution in [3.8, 4) is 0 Å². The summed E-state index contributed by atoms with van der Waals surface area (Å²) in [5, 5.41) is 6.18. The van der Waals surface area contributed by atoms with Crippen molar-refractivity contribution >= 4 is 17.6 Å². The molecule has 0 bridgehead atoms. The van der Waals surface area contributed by atoms with Gasteiger partial charge in [0.25, 0.3) is 5.91 Å². The smallest absolute Gasteiger partial charge is 0.337 e. The number of aryl methyl sites for hydroxylation is 1. The van der Waals surface area contributed by atoms with Gasteiger partial charge in [0.05, 0.1) is 18.9 Å². The number of amides is 1. The lowest BCUT2D eigenvalue weighted by Gasteiger charge is -2.04. The van der Waals surface area contributed by atoms with Crippen LogP contribution in [0.4, 0.5) is 5.69 Å².